The summed E-state index contributed by atoms with van der Waals surface area (Å²) in [5.74, 6) is -0.399. The number of carboxylic acids is 1. The number of carbonyl (C=O) groups is 1. The van der Waals surface area contributed by atoms with Crippen molar-refractivity contribution >= 4 is 5.97 Å². The second-order valence-electron chi connectivity index (χ2n) is 18.8. The topological polar surface area (TPSA) is 62.2 Å². The Bertz CT molecular complexity index is 898. The molecule has 1 N–H and O–H groups in total. The average molecular weight is 705 g/mol. The van der Waals surface area contributed by atoms with Crippen LogP contribution >= 0.6 is 0 Å². The minimum absolute atomic E-state index is 0.190. The van der Waals surface area contributed by atoms with Gasteiger partial charge >= 0.3 is 5.97 Å². The van der Waals surface area contributed by atoms with Crippen molar-refractivity contribution in [3.05, 3.63) is 11.1 Å². The first-order valence-corrected chi connectivity index (χ1v) is 21.3. The Hall–Kier alpha value is -0.950. The third-order valence-corrected chi connectivity index (χ3v) is 11.8. The van der Waals surface area contributed by atoms with Crippen molar-refractivity contribution in [3.8, 4) is 0 Å². The van der Waals surface area contributed by atoms with Crippen LogP contribution < -0.4 is 0 Å². The lowest BCUT2D eigenvalue weighted by molar-refractivity contribution is -0.291. The van der Waals surface area contributed by atoms with Gasteiger partial charge in [0.2, 0.25) is 0 Å². The zero-order chi connectivity index (χ0) is 37.4. The summed E-state index contributed by atoms with van der Waals surface area (Å²) < 4.78 is 0. The summed E-state index contributed by atoms with van der Waals surface area (Å²) >= 11 is 0. The van der Waals surface area contributed by atoms with Gasteiger partial charge in [-0.3, -0.25) is 9.68 Å². The molecule has 294 valence electrons. The first-order valence-electron chi connectivity index (χ1n) is 21.3. The smallest absolute Gasteiger partial charge is 0.331 e. The van der Waals surface area contributed by atoms with Crippen molar-refractivity contribution in [1.29, 1.82) is 0 Å². The maximum atomic E-state index is 12.7. The van der Waals surface area contributed by atoms with Gasteiger partial charge in [0.1, 0.15) is 0 Å². The Morgan fingerprint density at radius 2 is 0.780 bits per heavy atom. The van der Waals surface area contributed by atoms with Gasteiger partial charge in [-0.2, -0.15) is 10.1 Å². The fourth-order valence-electron chi connectivity index (χ4n) is 9.87. The molecule has 2 heterocycles. The van der Waals surface area contributed by atoms with Gasteiger partial charge in [0.15, 0.2) is 0 Å². The Labute approximate surface area is 310 Å². The fraction of sp³-hybridized carbons (Fsp3) is 0.932. The predicted molar refractivity (Wildman–Crippen MR) is 212 cm³/mol. The zero-order valence-corrected chi connectivity index (χ0v) is 35.2. The molecule has 0 bridgehead atoms. The second kappa shape index (κ2) is 21.7. The third kappa shape index (κ3) is 14.5. The standard InChI is InChI=1S/C44H84N2O4/c1-12-14-16-18-20-22-24-26-28-30-49-45-41(4,5)32-37(33-42(45,6)7)39(36(3)40(47)48)38-34-43(8,9)46(44(10,11)35-38)50-31-29-27-25-23-21-19-17-15-13-2/h37-38H,12-35H2,1-11H3,(H,47,48). The summed E-state index contributed by atoms with van der Waals surface area (Å²) in [6.45, 7) is 26.3. The molecule has 2 aliphatic heterocycles. The number of allylic oxidation sites excluding steroid dienone is 1. The quantitative estimate of drug-likeness (QED) is 0.0754. The Balaban J connectivity index is 2.03. The highest BCUT2D eigenvalue weighted by Crippen LogP contribution is 2.51. The highest BCUT2D eigenvalue weighted by Gasteiger charge is 2.52. The fourth-order valence-corrected chi connectivity index (χ4v) is 9.87. The average Bonchev–Trinajstić information content (AvgIpc) is 3.00. The van der Waals surface area contributed by atoms with Gasteiger partial charge < -0.3 is 5.11 Å². The van der Waals surface area contributed by atoms with Gasteiger partial charge in [-0.1, -0.05) is 122 Å². The summed E-state index contributed by atoms with van der Waals surface area (Å²) in [6, 6.07) is 0. The summed E-state index contributed by atoms with van der Waals surface area (Å²) in [4.78, 5) is 25.9. The van der Waals surface area contributed by atoms with Crippen LogP contribution in [0.5, 0.6) is 0 Å². The van der Waals surface area contributed by atoms with Crippen LogP contribution in [0, 0.1) is 11.8 Å². The van der Waals surface area contributed by atoms with Crippen LogP contribution in [-0.4, -0.2) is 56.6 Å². The lowest BCUT2D eigenvalue weighted by Gasteiger charge is -2.57. The molecule has 6 heteroatoms. The van der Waals surface area contributed by atoms with Crippen molar-refractivity contribution in [2.45, 2.75) is 240 Å². The van der Waals surface area contributed by atoms with Gasteiger partial charge in [0, 0.05) is 27.7 Å². The molecule has 0 unspecified atom stereocenters. The normalized spacial score (nSPS) is 21.0. The zero-order valence-electron chi connectivity index (χ0n) is 35.2. The van der Waals surface area contributed by atoms with Crippen LogP contribution in [0.25, 0.3) is 0 Å². The molecule has 0 aromatic rings. The lowest BCUT2D eigenvalue weighted by Crippen LogP contribution is -2.62. The molecule has 0 amide bonds. The third-order valence-electron chi connectivity index (χ3n) is 11.8. The van der Waals surface area contributed by atoms with Crippen LogP contribution in [0.3, 0.4) is 0 Å². The molecule has 0 atom stereocenters. The van der Waals surface area contributed by atoms with E-state index in [9.17, 15) is 9.90 Å². The molecule has 0 radical (unpaired) electrons. The van der Waals surface area contributed by atoms with Crippen LogP contribution in [0.2, 0.25) is 0 Å². The SMILES string of the molecule is CCCCCCCCCCCON1C(C)(C)CC(C(=C(C)C(=O)O)C2CC(C)(C)N(OCCCCCCCCCCC)C(C)(C)C2)CC1(C)C. The molecular formula is C44H84N2O4. The van der Waals surface area contributed by atoms with Crippen molar-refractivity contribution in [1.82, 2.24) is 10.1 Å². The number of unbranched alkanes of at least 4 members (excludes halogenated alkanes) is 16. The van der Waals surface area contributed by atoms with Crippen molar-refractivity contribution in [2.75, 3.05) is 13.2 Å². The maximum absolute atomic E-state index is 12.7. The molecule has 0 saturated carbocycles. The van der Waals surface area contributed by atoms with Crippen molar-refractivity contribution in [3.63, 3.8) is 0 Å². The molecule has 0 aromatic carbocycles. The number of piperidine rings is 2. The number of aliphatic carboxylic acids is 1. The second-order valence-corrected chi connectivity index (χ2v) is 18.8. The van der Waals surface area contributed by atoms with E-state index < -0.39 is 5.97 Å². The van der Waals surface area contributed by atoms with E-state index in [0.717, 1.165) is 57.3 Å². The van der Waals surface area contributed by atoms with E-state index in [1.165, 1.54) is 103 Å². The molecule has 0 aromatic heterocycles. The number of carboxylic acid groups (broad SMARTS) is 1. The number of hydrogen-bond donors (Lipinski definition) is 1. The molecule has 0 aliphatic carbocycles. The van der Waals surface area contributed by atoms with Gasteiger partial charge in [-0.05, 0) is 113 Å². The van der Waals surface area contributed by atoms with E-state index in [1.807, 2.05) is 6.92 Å². The predicted octanol–water partition coefficient (Wildman–Crippen LogP) is 12.9. The Kier molecular flexibility index (Phi) is 19.6. The highest BCUT2D eigenvalue weighted by molar-refractivity contribution is 5.87. The number of rotatable bonds is 25. The molecule has 6 nitrogen and oxygen atoms in total. The van der Waals surface area contributed by atoms with Crippen LogP contribution in [-0.2, 0) is 14.5 Å². The molecule has 2 saturated heterocycles. The van der Waals surface area contributed by atoms with Crippen LogP contribution in [0.4, 0.5) is 0 Å². The Morgan fingerprint density at radius 3 is 1.04 bits per heavy atom. The molecule has 50 heavy (non-hydrogen) atoms. The largest absolute Gasteiger partial charge is 0.478 e. The summed E-state index contributed by atoms with van der Waals surface area (Å²) in [5, 5.41) is 15.0. The van der Waals surface area contributed by atoms with E-state index in [0.29, 0.717) is 5.57 Å². The molecular weight excluding hydrogens is 620 g/mol. The maximum Gasteiger partial charge on any atom is 0.331 e. The highest BCUT2D eigenvalue weighted by atomic mass is 16.7. The minimum atomic E-state index is -0.778. The van der Waals surface area contributed by atoms with E-state index in [1.54, 1.807) is 0 Å². The monoisotopic (exact) mass is 705 g/mol. The lowest BCUT2D eigenvalue weighted by atomic mass is 9.64. The van der Waals surface area contributed by atoms with E-state index >= 15 is 0 Å². The summed E-state index contributed by atoms with van der Waals surface area (Å²) in [7, 11) is 0. The van der Waals surface area contributed by atoms with Crippen LogP contribution in [0.1, 0.15) is 217 Å². The van der Waals surface area contributed by atoms with Gasteiger partial charge in [-0.15, -0.1) is 0 Å². The van der Waals surface area contributed by atoms with Gasteiger partial charge in [-0.25, -0.2) is 4.79 Å². The Morgan fingerprint density at radius 1 is 0.520 bits per heavy atom. The molecule has 2 aliphatic rings. The summed E-state index contributed by atoms with van der Waals surface area (Å²) in [5.41, 5.74) is 0.878. The van der Waals surface area contributed by atoms with Crippen molar-refractivity contribution < 1.29 is 19.6 Å². The minimum Gasteiger partial charge on any atom is -0.478 e. The number of hydroxylamine groups is 4. The first-order chi connectivity index (χ1) is 23.5. The van der Waals surface area contributed by atoms with Gasteiger partial charge in [0.25, 0.3) is 0 Å². The molecule has 0 spiro atoms. The van der Waals surface area contributed by atoms with Gasteiger partial charge in [0.05, 0.1) is 13.2 Å². The number of nitrogens with zero attached hydrogens (tertiary/aromatic N) is 2. The molecule has 2 fully saturated rings. The first kappa shape index (κ1) is 45.2. The van der Waals surface area contributed by atoms with E-state index in [2.05, 4.69) is 79.4 Å². The van der Waals surface area contributed by atoms with E-state index in [4.69, 9.17) is 9.68 Å². The van der Waals surface area contributed by atoms with Crippen molar-refractivity contribution in [2.24, 2.45) is 11.8 Å². The summed E-state index contributed by atoms with van der Waals surface area (Å²) in [6.07, 6.45) is 27.1. The molecule has 2 rings (SSSR count). The van der Waals surface area contributed by atoms with E-state index in [-0.39, 0.29) is 34.0 Å². The number of hydrogen-bond acceptors (Lipinski definition) is 5. The van der Waals surface area contributed by atoms with Crippen LogP contribution in [0.15, 0.2) is 11.1 Å².